The average molecular weight is 396 g/mol. The summed E-state index contributed by atoms with van der Waals surface area (Å²) in [6.07, 6.45) is 9.51. The number of carbonyl (C=O) groups excluding carboxylic acids is 1. The summed E-state index contributed by atoms with van der Waals surface area (Å²) in [5.41, 5.74) is 1.55. The zero-order valence-electron chi connectivity index (χ0n) is 17.3. The minimum absolute atomic E-state index is 0.0882. The van der Waals surface area contributed by atoms with Crippen molar-refractivity contribution in [2.45, 2.75) is 57.4 Å². The van der Waals surface area contributed by atoms with E-state index in [1.807, 2.05) is 24.8 Å². The quantitative estimate of drug-likeness (QED) is 0.795. The van der Waals surface area contributed by atoms with Crippen LogP contribution in [0.2, 0.25) is 0 Å². The summed E-state index contributed by atoms with van der Waals surface area (Å²) in [6, 6.07) is 2.56. The number of piperidine rings is 1. The van der Waals surface area contributed by atoms with Crippen molar-refractivity contribution in [3.05, 3.63) is 41.4 Å². The largest absolute Gasteiger partial charge is 0.425 e. The maximum Gasteiger partial charge on any atom is 0.255 e. The standard InChI is InChI=1S/C22H29N5O2/c1-15-7-9-23-11-19(15)20(28)26-10-8-22(21-25-24-16(2)29-21)14-27(13-17(22)12-26)18-5-3-4-6-18/h7,9,11,17-18H,3-6,8,10,12-14H2,1-2H3/t17-,22-/m0/s1. The number of fused-ring (bicyclic) bond motifs is 1. The molecule has 3 fully saturated rings. The highest BCUT2D eigenvalue weighted by Gasteiger charge is 2.55. The Kier molecular flexibility index (Phi) is 4.65. The van der Waals surface area contributed by atoms with Gasteiger partial charge in [-0.25, -0.2) is 0 Å². The molecule has 154 valence electrons. The molecule has 1 aliphatic carbocycles. The molecule has 0 bridgehead atoms. The van der Waals surface area contributed by atoms with Gasteiger partial charge in [-0.1, -0.05) is 12.8 Å². The van der Waals surface area contributed by atoms with Gasteiger partial charge in [-0.05, 0) is 37.8 Å². The van der Waals surface area contributed by atoms with Crippen molar-refractivity contribution in [2.24, 2.45) is 5.92 Å². The van der Waals surface area contributed by atoms with E-state index in [0.717, 1.165) is 37.5 Å². The molecule has 7 nitrogen and oxygen atoms in total. The Bertz CT molecular complexity index is 906. The highest BCUT2D eigenvalue weighted by atomic mass is 16.4. The van der Waals surface area contributed by atoms with Crippen LogP contribution in [-0.4, -0.2) is 63.1 Å². The maximum absolute atomic E-state index is 13.2. The van der Waals surface area contributed by atoms with Crippen LogP contribution in [-0.2, 0) is 5.41 Å². The topological polar surface area (TPSA) is 75.4 Å². The van der Waals surface area contributed by atoms with Gasteiger partial charge in [-0.2, -0.15) is 0 Å². The maximum atomic E-state index is 13.2. The fourth-order valence-electron chi connectivity index (χ4n) is 5.66. The molecule has 1 saturated carbocycles. The first-order valence-electron chi connectivity index (χ1n) is 10.8. The van der Waals surface area contributed by atoms with E-state index in [9.17, 15) is 4.79 Å². The lowest BCUT2D eigenvalue weighted by molar-refractivity contribution is 0.0566. The molecule has 0 aromatic carbocycles. The SMILES string of the molecule is Cc1nnc([C@]23CCN(C(=O)c4cnccc4C)C[C@H]2CN(C2CCCC2)C3)o1. The Morgan fingerprint density at radius 3 is 2.76 bits per heavy atom. The summed E-state index contributed by atoms with van der Waals surface area (Å²) in [7, 11) is 0. The van der Waals surface area contributed by atoms with Gasteiger partial charge >= 0.3 is 0 Å². The van der Waals surface area contributed by atoms with Gasteiger partial charge in [0.25, 0.3) is 5.91 Å². The fourth-order valence-corrected chi connectivity index (χ4v) is 5.66. The molecule has 2 aromatic heterocycles. The van der Waals surface area contributed by atoms with Crippen LogP contribution in [0.3, 0.4) is 0 Å². The second-order valence-corrected chi connectivity index (χ2v) is 9.04. The Labute approximate surface area is 171 Å². The number of amides is 1. The number of hydrogen-bond donors (Lipinski definition) is 0. The molecule has 5 rings (SSSR count). The van der Waals surface area contributed by atoms with E-state index in [1.54, 1.807) is 12.4 Å². The highest BCUT2D eigenvalue weighted by Crippen LogP contribution is 2.46. The van der Waals surface area contributed by atoms with Gasteiger partial charge in [0.1, 0.15) is 0 Å². The van der Waals surface area contributed by atoms with E-state index in [2.05, 4.69) is 20.1 Å². The van der Waals surface area contributed by atoms with E-state index in [-0.39, 0.29) is 11.3 Å². The third-order valence-electron chi connectivity index (χ3n) is 7.34. The lowest BCUT2D eigenvalue weighted by Gasteiger charge is -2.41. The Morgan fingerprint density at radius 1 is 1.21 bits per heavy atom. The highest BCUT2D eigenvalue weighted by molar-refractivity contribution is 5.95. The zero-order valence-corrected chi connectivity index (χ0v) is 17.3. The third kappa shape index (κ3) is 3.16. The van der Waals surface area contributed by atoms with Crippen molar-refractivity contribution < 1.29 is 9.21 Å². The summed E-state index contributed by atoms with van der Waals surface area (Å²) in [6.45, 7) is 7.25. The molecule has 4 heterocycles. The molecular formula is C22H29N5O2. The van der Waals surface area contributed by atoms with Crippen molar-refractivity contribution >= 4 is 5.91 Å². The van der Waals surface area contributed by atoms with Gasteiger partial charge in [0, 0.05) is 57.5 Å². The summed E-state index contributed by atoms with van der Waals surface area (Å²) >= 11 is 0. The van der Waals surface area contributed by atoms with Crippen LogP contribution in [0.15, 0.2) is 22.9 Å². The number of nitrogens with zero attached hydrogens (tertiary/aromatic N) is 5. The molecule has 0 radical (unpaired) electrons. The van der Waals surface area contributed by atoms with Gasteiger partial charge in [0.05, 0.1) is 11.0 Å². The lowest BCUT2D eigenvalue weighted by Crippen LogP contribution is -2.51. The third-order valence-corrected chi connectivity index (χ3v) is 7.34. The molecule has 0 unspecified atom stereocenters. The summed E-state index contributed by atoms with van der Waals surface area (Å²) in [5, 5.41) is 8.58. The minimum atomic E-state index is -0.134. The summed E-state index contributed by atoms with van der Waals surface area (Å²) in [4.78, 5) is 22.0. The van der Waals surface area contributed by atoms with Crippen molar-refractivity contribution in [1.82, 2.24) is 25.0 Å². The molecule has 3 aliphatic rings. The zero-order chi connectivity index (χ0) is 20.0. The van der Waals surface area contributed by atoms with Gasteiger partial charge < -0.3 is 9.32 Å². The number of aryl methyl sites for hydroxylation is 2. The van der Waals surface area contributed by atoms with Crippen LogP contribution in [0.25, 0.3) is 0 Å². The van der Waals surface area contributed by atoms with Crippen molar-refractivity contribution in [1.29, 1.82) is 0 Å². The normalized spacial score (nSPS) is 28.1. The number of hydrogen-bond acceptors (Lipinski definition) is 6. The van der Waals surface area contributed by atoms with Gasteiger partial charge in [-0.15, -0.1) is 10.2 Å². The lowest BCUT2D eigenvalue weighted by atomic mass is 9.72. The van der Waals surface area contributed by atoms with Crippen LogP contribution < -0.4 is 0 Å². The van der Waals surface area contributed by atoms with Gasteiger partial charge in [0.2, 0.25) is 11.8 Å². The number of pyridine rings is 1. The van der Waals surface area contributed by atoms with E-state index in [4.69, 9.17) is 4.42 Å². The molecule has 2 aromatic rings. The van der Waals surface area contributed by atoms with Crippen molar-refractivity contribution in [3.63, 3.8) is 0 Å². The van der Waals surface area contributed by atoms with Crippen LogP contribution >= 0.6 is 0 Å². The first kappa shape index (κ1) is 18.7. The molecular weight excluding hydrogens is 366 g/mol. The summed E-state index contributed by atoms with van der Waals surface area (Å²) < 4.78 is 5.98. The van der Waals surface area contributed by atoms with Gasteiger partial charge in [0.15, 0.2) is 0 Å². The molecule has 0 spiro atoms. The number of rotatable bonds is 3. The van der Waals surface area contributed by atoms with E-state index < -0.39 is 0 Å². The van der Waals surface area contributed by atoms with Gasteiger partial charge in [-0.3, -0.25) is 14.7 Å². The Morgan fingerprint density at radius 2 is 2.03 bits per heavy atom. The molecule has 2 saturated heterocycles. The molecule has 0 N–H and O–H groups in total. The van der Waals surface area contributed by atoms with Crippen LogP contribution in [0.4, 0.5) is 0 Å². The Hall–Kier alpha value is -2.28. The fraction of sp³-hybridized carbons (Fsp3) is 0.636. The smallest absolute Gasteiger partial charge is 0.255 e. The number of carbonyl (C=O) groups is 1. The Balaban J connectivity index is 1.42. The molecule has 2 atom stereocenters. The van der Waals surface area contributed by atoms with Crippen LogP contribution in [0.1, 0.15) is 59.8 Å². The first-order chi connectivity index (χ1) is 14.1. The minimum Gasteiger partial charge on any atom is -0.425 e. The van der Waals surface area contributed by atoms with Crippen molar-refractivity contribution in [2.75, 3.05) is 26.2 Å². The second-order valence-electron chi connectivity index (χ2n) is 9.04. The van der Waals surface area contributed by atoms with Crippen molar-refractivity contribution in [3.8, 4) is 0 Å². The van der Waals surface area contributed by atoms with Crippen LogP contribution in [0, 0.1) is 19.8 Å². The number of likely N-dealkylation sites (tertiary alicyclic amines) is 2. The van der Waals surface area contributed by atoms with Crippen LogP contribution in [0.5, 0.6) is 0 Å². The van der Waals surface area contributed by atoms with E-state index >= 15 is 0 Å². The molecule has 2 aliphatic heterocycles. The monoisotopic (exact) mass is 395 g/mol. The predicted molar refractivity (Wildman–Crippen MR) is 108 cm³/mol. The molecule has 7 heteroatoms. The summed E-state index contributed by atoms with van der Waals surface area (Å²) in [5.74, 6) is 1.80. The van der Waals surface area contributed by atoms with E-state index in [0.29, 0.717) is 30.0 Å². The van der Waals surface area contributed by atoms with E-state index in [1.165, 1.54) is 25.7 Å². The molecule has 1 amide bonds. The second kappa shape index (κ2) is 7.20. The predicted octanol–water partition coefficient (Wildman–Crippen LogP) is 2.74. The first-order valence-corrected chi connectivity index (χ1v) is 10.8. The average Bonchev–Trinajstić information content (AvgIpc) is 3.46. The number of aromatic nitrogens is 3. The molecule has 29 heavy (non-hydrogen) atoms.